The summed E-state index contributed by atoms with van der Waals surface area (Å²) in [7, 11) is 0. The van der Waals surface area contributed by atoms with E-state index in [0.29, 0.717) is 10.8 Å². The van der Waals surface area contributed by atoms with Crippen LogP contribution < -0.4 is 10.5 Å². The second-order valence-corrected chi connectivity index (χ2v) is 5.35. The van der Waals surface area contributed by atoms with Crippen molar-refractivity contribution in [3.05, 3.63) is 69.2 Å². The molecule has 0 amide bonds. The fourth-order valence-corrected chi connectivity index (χ4v) is 1.97. The molecule has 2 rings (SSSR count). The van der Waals surface area contributed by atoms with Crippen molar-refractivity contribution in [2.45, 2.75) is 13.0 Å². The molecule has 0 bridgehead atoms. The van der Waals surface area contributed by atoms with Crippen molar-refractivity contribution in [3.8, 4) is 5.75 Å². The van der Waals surface area contributed by atoms with Crippen LogP contribution in [0.25, 0.3) is 0 Å². The molecule has 25 heavy (non-hydrogen) atoms. The average molecular weight is 364 g/mol. The highest BCUT2D eigenvalue weighted by molar-refractivity contribution is 6.30. The van der Waals surface area contributed by atoms with Crippen LogP contribution in [0, 0.1) is 10.1 Å². The second-order valence-electron chi connectivity index (χ2n) is 4.91. The van der Waals surface area contributed by atoms with Gasteiger partial charge in [0.2, 0.25) is 0 Å². The molecule has 0 radical (unpaired) electrons. The third-order valence-electron chi connectivity index (χ3n) is 3.03. The fourth-order valence-electron chi connectivity index (χ4n) is 1.79. The van der Waals surface area contributed by atoms with E-state index in [-0.39, 0.29) is 17.1 Å². The van der Waals surface area contributed by atoms with Gasteiger partial charge in [0.25, 0.3) is 5.69 Å². The van der Waals surface area contributed by atoms with E-state index < -0.39 is 17.0 Å². The predicted molar refractivity (Wildman–Crippen MR) is 91.5 cm³/mol. The lowest BCUT2D eigenvalue weighted by molar-refractivity contribution is -0.384. The molecule has 130 valence electrons. The van der Waals surface area contributed by atoms with Crippen LogP contribution in [-0.2, 0) is 9.63 Å². The summed E-state index contributed by atoms with van der Waals surface area (Å²) in [5.41, 5.74) is 5.78. The molecule has 1 atom stereocenters. The van der Waals surface area contributed by atoms with E-state index in [2.05, 4.69) is 5.16 Å². The lowest BCUT2D eigenvalue weighted by Crippen LogP contribution is -2.26. The Morgan fingerprint density at radius 3 is 2.68 bits per heavy atom. The Morgan fingerprint density at radius 2 is 2.00 bits per heavy atom. The molecule has 2 aromatic rings. The monoisotopic (exact) mass is 363 g/mol. The summed E-state index contributed by atoms with van der Waals surface area (Å²) in [6, 6.07) is 12.0. The van der Waals surface area contributed by atoms with E-state index >= 15 is 0 Å². The van der Waals surface area contributed by atoms with Crippen LogP contribution >= 0.6 is 11.6 Å². The number of carbonyl (C=O) groups excluding carboxylic acids is 1. The molecule has 0 fully saturated rings. The number of nitro benzene ring substituents is 1. The number of nitro groups is 1. The smallest absolute Gasteiger partial charge is 0.374 e. The Balaban J connectivity index is 2.00. The van der Waals surface area contributed by atoms with Gasteiger partial charge in [-0.2, -0.15) is 0 Å². The van der Waals surface area contributed by atoms with Gasteiger partial charge in [-0.1, -0.05) is 35.0 Å². The number of benzene rings is 2. The summed E-state index contributed by atoms with van der Waals surface area (Å²) in [6.07, 6.45) is -0.958. The Bertz CT molecular complexity index is 825. The van der Waals surface area contributed by atoms with E-state index in [9.17, 15) is 14.9 Å². The summed E-state index contributed by atoms with van der Waals surface area (Å²) < 4.78 is 5.39. The third kappa shape index (κ3) is 5.18. The van der Waals surface area contributed by atoms with E-state index in [0.717, 1.165) is 0 Å². The van der Waals surface area contributed by atoms with Gasteiger partial charge in [0, 0.05) is 22.7 Å². The maximum Gasteiger partial charge on any atom is 0.374 e. The highest BCUT2D eigenvalue weighted by Crippen LogP contribution is 2.18. The minimum Gasteiger partial charge on any atom is -0.479 e. The molecule has 0 saturated heterocycles. The number of halogens is 1. The van der Waals surface area contributed by atoms with Crippen LogP contribution in [0.3, 0.4) is 0 Å². The first-order chi connectivity index (χ1) is 11.9. The van der Waals surface area contributed by atoms with Gasteiger partial charge < -0.3 is 15.3 Å². The number of hydrogen-bond donors (Lipinski definition) is 1. The van der Waals surface area contributed by atoms with Gasteiger partial charge in [-0.25, -0.2) is 4.79 Å². The van der Waals surface area contributed by atoms with Crippen molar-refractivity contribution in [3.63, 3.8) is 0 Å². The average Bonchev–Trinajstić information content (AvgIpc) is 2.59. The first-order valence-corrected chi connectivity index (χ1v) is 7.46. The number of nitrogens with two attached hydrogens (primary N) is 1. The van der Waals surface area contributed by atoms with Crippen LogP contribution in [0.2, 0.25) is 5.02 Å². The topological polar surface area (TPSA) is 117 Å². The molecule has 2 aromatic carbocycles. The standard InChI is InChI=1S/C16H14ClN3O5/c1-10(24-14-7-3-5-12(17)9-14)16(21)25-19-15(18)11-4-2-6-13(8-11)20(22)23/h2-10H,1H3,(H2,18,19)/t10-/m1/s1. The zero-order valence-corrected chi connectivity index (χ0v) is 13.8. The summed E-state index contributed by atoms with van der Waals surface area (Å²) in [6.45, 7) is 1.47. The predicted octanol–water partition coefficient (Wildman–Crippen LogP) is 2.88. The quantitative estimate of drug-likeness (QED) is 0.277. The van der Waals surface area contributed by atoms with E-state index in [1.807, 2.05) is 0 Å². The largest absolute Gasteiger partial charge is 0.479 e. The second kappa shape index (κ2) is 8.11. The Kier molecular flexibility index (Phi) is 5.91. The molecule has 9 heteroatoms. The highest BCUT2D eigenvalue weighted by atomic mass is 35.5. The Hall–Kier alpha value is -3.13. The lowest BCUT2D eigenvalue weighted by Gasteiger charge is -2.12. The fraction of sp³-hybridized carbons (Fsp3) is 0.125. The minimum absolute atomic E-state index is 0.153. The first-order valence-electron chi connectivity index (χ1n) is 7.08. The van der Waals surface area contributed by atoms with Crippen molar-refractivity contribution in [1.82, 2.24) is 0 Å². The number of carbonyl (C=O) groups is 1. The molecular formula is C16H14ClN3O5. The molecule has 0 heterocycles. The molecule has 0 saturated carbocycles. The van der Waals surface area contributed by atoms with Gasteiger partial charge in [-0.05, 0) is 25.1 Å². The molecule has 8 nitrogen and oxygen atoms in total. The van der Waals surface area contributed by atoms with Crippen molar-refractivity contribution >= 4 is 29.1 Å². The highest BCUT2D eigenvalue weighted by Gasteiger charge is 2.17. The number of ether oxygens (including phenoxy) is 1. The number of nitrogens with zero attached hydrogens (tertiary/aromatic N) is 2. The molecule has 0 aliphatic rings. The van der Waals surface area contributed by atoms with Crippen molar-refractivity contribution in [1.29, 1.82) is 0 Å². The summed E-state index contributed by atoms with van der Waals surface area (Å²) in [5, 5.41) is 14.7. The number of non-ortho nitro benzene ring substituents is 1. The van der Waals surface area contributed by atoms with Gasteiger partial charge in [0.05, 0.1) is 4.92 Å². The van der Waals surface area contributed by atoms with Crippen molar-refractivity contribution in [2.24, 2.45) is 10.9 Å². The Morgan fingerprint density at radius 1 is 1.28 bits per heavy atom. The van der Waals surface area contributed by atoms with Crippen LogP contribution in [0.5, 0.6) is 5.75 Å². The maximum absolute atomic E-state index is 11.9. The number of rotatable bonds is 6. The van der Waals surface area contributed by atoms with Crippen LogP contribution in [0.4, 0.5) is 5.69 Å². The van der Waals surface area contributed by atoms with Gasteiger partial charge in [0.1, 0.15) is 5.75 Å². The normalized spacial score (nSPS) is 12.3. The van der Waals surface area contributed by atoms with E-state index in [1.54, 1.807) is 24.3 Å². The molecule has 0 spiro atoms. The molecular weight excluding hydrogens is 350 g/mol. The summed E-state index contributed by atoms with van der Waals surface area (Å²) >= 11 is 5.83. The molecule has 0 aromatic heterocycles. The molecule has 0 unspecified atom stereocenters. The zero-order valence-electron chi connectivity index (χ0n) is 13.1. The summed E-state index contributed by atoms with van der Waals surface area (Å²) in [4.78, 5) is 26.8. The Labute approximate surface area is 147 Å². The number of oxime groups is 1. The van der Waals surface area contributed by atoms with Crippen LogP contribution in [0.1, 0.15) is 12.5 Å². The SMILES string of the molecule is C[C@@H](Oc1cccc(Cl)c1)C(=O)O/N=C(/N)c1cccc([N+](=O)[O-])c1. The number of hydrogen-bond acceptors (Lipinski definition) is 6. The van der Waals surface area contributed by atoms with Gasteiger partial charge in [0.15, 0.2) is 11.9 Å². The first kappa shape index (κ1) is 18.2. The van der Waals surface area contributed by atoms with E-state index in [4.69, 9.17) is 26.9 Å². The number of amidine groups is 1. The van der Waals surface area contributed by atoms with Crippen molar-refractivity contribution in [2.75, 3.05) is 0 Å². The third-order valence-corrected chi connectivity index (χ3v) is 3.26. The van der Waals surface area contributed by atoms with Crippen LogP contribution in [0.15, 0.2) is 53.7 Å². The summed E-state index contributed by atoms with van der Waals surface area (Å²) in [5.74, 6) is -0.562. The molecule has 0 aliphatic carbocycles. The minimum atomic E-state index is -0.958. The lowest BCUT2D eigenvalue weighted by atomic mass is 10.2. The molecule has 2 N–H and O–H groups in total. The van der Waals surface area contributed by atoms with Gasteiger partial charge in [-0.15, -0.1) is 0 Å². The van der Waals surface area contributed by atoms with Gasteiger partial charge >= 0.3 is 5.97 Å². The van der Waals surface area contributed by atoms with Crippen LogP contribution in [-0.4, -0.2) is 22.8 Å². The van der Waals surface area contributed by atoms with Crippen molar-refractivity contribution < 1.29 is 19.3 Å². The maximum atomic E-state index is 11.9. The zero-order chi connectivity index (χ0) is 18.4. The molecule has 0 aliphatic heterocycles. The van der Waals surface area contributed by atoms with Gasteiger partial charge in [-0.3, -0.25) is 10.1 Å². The van der Waals surface area contributed by atoms with E-state index in [1.165, 1.54) is 31.2 Å².